The number of halogens is 1. The number of nitrogens with one attached hydrogen (secondary N) is 1. The Hall–Kier alpha value is -0.540. The summed E-state index contributed by atoms with van der Waals surface area (Å²) in [5, 5.41) is 3.43. The second kappa shape index (κ2) is 6.95. The summed E-state index contributed by atoms with van der Waals surface area (Å²) in [4.78, 5) is 0. The predicted octanol–water partition coefficient (Wildman–Crippen LogP) is 4.17. The van der Waals surface area contributed by atoms with Crippen LogP contribution in [0.15, 0.2) is 22.7 Å². The van der Waals surface area contributed by atoms with Crippen molar-refractivity contribution >= 4 is 15.9 Å². The van der Waals surface area contributed by atoms with E-state index in [1.54, 1.807) is 0 Å². The maximum absolute atomic E-state index is 5.98. The molecule has 20 heavy (non-hydrogen) atoms. The van der Waals surface area contributed by atoms with Crippen LogP contribution in [0.4, 0.5) is 0 Å². The van der Waals surface area contributed by atoms with Crippen LogP contribution in [-0.4, -0.2) is 19.7 Å². The second-order valence-corrected chi connectivity index (χ2v) is 7.22. The third kappa shape index (κ3) is 3.98. The normalized spacial score (nSPS) is 20.6. The molecule has 1 saturated heterocycles. The van der Waals surface area contributed by atoms with Crippen LogP contribution in [-0.2, 0) is 6.42 Å². The minimum atomic E-state index is 0.793. The molecule has 1 saturated carbocycles. The third-order valence-electron chi connectivity index (χ3n) is 4.62. The van der Waals surface area contributed by atoms with Gasteiger partial charge in [-0.25, -0.2) is 0 Å². The van der Waals surface area contributed by atoms with Crippen LogP contribution in [0.3, 0.4) is 0 Å². The van der Waals surface area contributed by atoms with E-state index in [4.69, 9.17) is 4.74 Å². The molecule has 0 unspecified atom stereocenters. The Morgan fingerprint density at radius 3 is 2.55 bits per heavy atom. The van der Waals surface area contributed by atoms with Crippen molar-refractivity contribution in [2.45, 2.75) is 38.5 Å². The van der Waals surface area contributed by atoms with Crippen molar-refractivity contribution in [2.24, 2.45) is 11.8 Å². The van der Waals surface area contributed by atoms with Crippen LogP contribution >= 0.6 is 15.9 Å². The summed E-state index contributed by atoms with van der Waals surface area (Å²) in [5.41, 5.74) is 1.41. The van der Waals surface area contributed by atoms with Crippen LogP contribution < -0.4 is 10.1 Å². The van der Waals surface area contributed by atoms with Crippen LogP contribution in [0.5, 0.6) is 5.75 Å². The van der Waals surface area contributed by atoms with Gasteiger partial charge in [-0.3, -0.25) is 0 Å². The van der Waals surface area contributed by atoms with E-state index in [1.807, 2.05) is 0 Å². The third-order valence-corrected chi connectivity index (χ3v) is 5.08. The van der Waals surface area contributed by atoms with Gasteiger partial charge in [-0.15, -0.1) is 0 Å². The standard InChI is InChI=1S/C17H24BrNO/c18-16-9-15(8-13-4-6-19-7-5-13)10-17(11-16)20-12-14-2-1-3-14/h9-11,13-14,19H,1-8,12H2. The number of hydrogen-bond donors (Lipinski definition) is 1. The van der Waals surface area contributed by atoms with Gasteiger partial charge in [-0.1, -0.05) is 22.4 Å². The lowest BCUT2D eigenvalue weighted by atomic mass is 9.86. The topological polar surface area (TPSA) is 21.3 Å². The Balaban J connectivity index is 1.59. The summed E-state index contributed by atoms with van der Waals surface area (Å²) in [6.45, 7) is 3.23. The summed E-state index contributed by atoms with van der Waals surface area (Å²) in [6.07, 6.45) is 7.84. The Morgan fingerprint density at radius 2 is 1.85 bits per heavy atom. The summed E-state index contributed by atoms with van der Waals surface area (Å²) < 4.78 is 7.12. The fourth-order valence-electron chi connectivity index (χ4n) is 3.11. The molecular formula is C17H24BrNO. The lowest BCUT2D eigenvalue weighted by Gasteiger charge is -2.25. The minimum absolute atomic E-state index is 0.793. The fourth-order valence-corrected chi connectivity index (χ4v) is 3.63. The first-order chi connectivity index (χ1) is 9.79. The Morgan fingerprint density at radius 1 is 1.05 bits per heavy atom. The maximum Gasteiger partial charge on any atom is 0.120 e. The number of hydrogen-bond acceptors (Lipinski definition) is 2. The molecule has 2 nitrogen and oxygen atoms in total. The van der Waals surface area contributed by atoms with Gasteiger partial charge in [0.1, 0.15) is 5.75 Å². The fraction of sp³-hybridized carbons (Fsp3) is 0.647. The molecule has 0 spiro atoms. The molecule has 3 heteroatoms. The lowest BCUT2D eigenvalue weighted by Crippen LogP contribution is -2.28. The van der Waals surface area contributed by atoms with Gasteiger partial charge in [0.15, 0.2) is 0 Å². The highest BCUT2D eigenvalue weighted by Gasteiger charge is 2.18. The summed E-state index contributed by atoms with van der Waals surface area (Å²) in [7, 11) is 0. The summed E-state index contributed by atoms with van der Waals surface area (Å²) in [5.74, 6) is 2.65. The van der Waals surface area contributed by atoms with Crippen molar-refractivity contribution in [3.8, 4) is 5.75 Å². The Labute approximate surface area is 130 Å². The number of piperidine rings is 1. The monoisotopic (exact) mass is 337 g/mol. The van der Waals surface area contributed by atoms with Gasteiger partial charge < -0.3 is 10.1 Å². The molecule has 0 aromatic heterocycles. The van der Waals surface area contributed by atoms with Crippen molar-refractivity contribution in [3.05, 3.63) is 28.2 Å². The van der Waals surface area contributed by atoms with Gasteiger partial charge in [0.2, 0.25) is 0 Å². The van der Waals surface area contributed by atoms with E-state index in [-0.39, 0.29) is 0 Å². The molecule has 1 aliphatic carbocycles. The van der Waals surface area contributed by atoms with Gasteiger partial charge in [0.25, 0.3) is 0 Å². The molecule has 2 fully saturated rings. The maximum atomic E-state index is 5.98. The molecule has 110 valence electrons. The van der Waals surface area contributed by atoms with E-state index in [0.717, 1.165) is 28.7 Å². The first-order valence-corrected chi connectivity index (χ1v) is 8.72. The number of rotatable bonds is 5. The zero-order valence-corrected chi connectivity index (χ0v) is 13.6. The average molecular weight is 338 g/mol. The van der Waals surface area contributed by atoms with E-state index in [9.17, 15) is 0 Å². The molecule has 0 radical (unpaired) electrons. The predicted molar refractivity (Wildman–Crippen MR) is 86.3 cm³/mol. The van der Waals surface area contributed by atoms with Crippen LogP contribution in [0.1, 0.15) is 37.7 Å². The first-order valence-electron chi connectivity index (χ1n) is 7.92. The highest BCUT2D eigenvalue weighted by atomic mass is 79.9. The van der Waals surface area contributed by atoms with E-state index >= 15 is 0 Å². The van der Waals surface area contributed by atoms with Gasteiger partial charge >= 0.3 is 0 Å². The van der Waals surface area contributed by atoms with Crippen LogP contribution in [0.25, 0.3) is 0 Å². The molecule has 1 N–H and O–H groups in total. The zero-order valence-electron chi connectivity index (χ0n) is 12.0. The quantitative estimate of drug-likeness (QED) is 0.870. The molecule has 1 aromatic carbocycles. The van der Waals surface area contributed by atoms with Crippen molar-refractivity contribution in [3.63, 3.8) is 0 Å². The lowest BCUT2D eigenvalue weighted by molar-refractivity contribution is 0.180. The highest BCUT2D eigenvalue weighted by molar-refractivity contribution is 9.10. The molecule has 0 amide bonds. The molecule has 3 rings (SSSR count). The minimum Gasteiger partial charge on any atom is -0.493 e. The molecular weight excluding hydrogens is 314 g/mol. The van der Waals surface area contributed by atoms with Crippen LogP contribution in [0, 0.1) is 11.8 Å². The van der Waals surface area contributed by atoms with Crippen molar-refractivity contribution in [2.75, 3.05) is 19.7 Å². The molecule has 1 aromatic rings. The summed E-state index contributed by atoms with van der Waals surface area (Å²) in [6, 6.07) is 6.59. The number of ether oxygens (including phenoxy) is 1. The molecule has 0 atom stereocenters. The second-order valence-electron chi connectivity index (χ2n) is 6.30. The molecule has 0 bridgehead atoms. The zero-order chi connectivity index (χ0) is 13.8. The Bertz CT molecular complexity index is 439. The average Bonchev–Trinajstić information content (AvgIpc) is 2.37. The van der Waals surface area contributed by atoms with E-state index in [1.165, 1.54) is 57.2 Å². The van der Waals surface area contributed by atoms with Crippen LogP contribution in [0.2, 0.25) is 0 Å². The molecule has 2 aliphatic rings. The van der Waals surface area contributed by atoms with Gasteiger partial charge in [0.05, 0.1) is 6.61 Å². The summed E-state index contributed by atoms with van der Waals surface area (Å²) >= 11 is 3.62. The van der Waals surface area contributed by atoms with Gasteiger partial charge in [-0.05, 0) is 80.8 Å². The SMILES string of the molecule is Brc1cc(CC2CCNCC2)cc(OCC2CCC2)c1. The van der Waals surface area contributed by atoms with Crippen molar-refractivity contribution < 1.29 is 4.74 Å². The Kier molecular flexibility index (Phi) is 5.00. The first kappa shape index (κ1) is 14.4. The van der Waals surface area contributed by atoms with Crippen molar-refractivity contribution in [1.82, 2.24) is 5.32 Å². The molecule has 1 heterocycles. The van der Waals surface area contributed by atoms with Crippen molar-refractivity contribution in [1.29, 1.82) is 0 Å². The molecule has 1 aliphatic heterocycles. The highest BCUT2D eigenvalue weighted by Crippen LogP contribution is 2.29. The van der Waals surface area contributed by atoms with Gasteiger partial charge in [0, 0.05) is 4.47 Å². The van der Waals surface area contributed by atoms with E-state index in [2.05, 4.69) is 39.4 Å². The van der Waals surface area contributed by atoms with E-state index < -0.39 is 0 Å². The number of benzene rings is 1. The smallest absolute Gasteiger partial charge is 0.120 e. The van der Waals surface area contributed by atoms with E-state index in [0.29, 0.717) is 0 Å². The van der Waals surface area contributed by atoms with Gasteiger partial charge in [-0.2, -0.15) is 0 Å². The largest absolute Gasteiger partial charge is 0.493 e.